The zero-order valence-corrected chi connectivity index (χ0v) is 10.9. The Morgan fingerprint density at radius 2 is 1.80 bits per heavy atom. The van der Waals surface area contributed by atoms with Gasteiger partial charge in [0, 0.05) is 16.7 Å². The molecule has 2 aromatic rings. The van der Waals surface area contributed by atoms with E-state index in [1.807, 2.05) is 0 Å². The van der Waals surface area contributed by atoms with Gasteiger partial charge in [0.1, 0.15) is 17.5 Å². The highest BCUT2D eigenvalue weighted by Crippen LogP contribution is 2.27. The summed E-state index contributed by atoms with van der Waals surface area (Å²) in [6.07, 6.45) is 0. The predicted molar refractivity (Wildman–Crippen MR) is 69.3 cm³/mol. The molecule has 2 aromatic carbocycles. The number of carboxylic acids is 1. The van der Waals surface area contributed by atoms with Gasteiger partial charge in [0.15, 0.2) is 0 Å². The molecule has 0 aromatic heterocycles. The zero-order valence-electron chi connectivity index (χ0n) is 10.1. The SMILES string of the molecule is O=C(O)c1ccc(F)c(CSc2ccc(F)cc2F)c1. The molecule has 0 aliphatic heterocycles. The molecule has 0 fully saturated rings. The van der Waals surface area contributed by atoms with Crippen molar-refractivity contribution in [3.05, 3.63) is 65.0 Å². The third kappa shape index (κ3) is 3.33. The van der Waals surface area contributed by atoms with Crippen molar-refractivity contribution in [3.8, 4) is 0 Å². The molecule has 0 atom stereocenters. The molecule has 0 unspecified atom stereocenters. The molecule has 0 spiro atoms. The average molecular weight is 298 g/mol. The Morgan fingerprint density at radius 1 is 1.05 bits per heavy atom. The molecule has 0 bridgehead atoms. The highest BCUT2D eigenvalue weighted by Gasteiger charge is 2.10. The van der Waals surface area contributed by atoms with E-state index in [1.165, 1.54) is 12.1 Å². The van der Waals surface area contributed by atoms with E-state index in [0.717, 1.165) is 36.0 Å². The van der Waals surface area contributed by atoms with Gasteiger partial charge in [-0.3, -0.25) is 0 Å². The molecular weight excluding hydrogens is 289 g/mol. The van der Waals surface area contributed by atoms with Crippen LogP contribution in [-0.4, -0.2) is 11.1 Å². The Morgan fingerprint density at radius 3 is 2.45 bits per heavy atom. The summed E-state index contributed by atoms with van der Waals surface area (Å²) in [6, 6.07) is 6.52. The van der Waals surface area contributed by atoms with Crippen LogP contribution in [0.3, 0.4) is 0 Å². The maximum absolute atomic E-state index is 13.5. The van der Waals surface area contributed by atoms with Crippen LogP contribution in [0.5, 0.6) is 0 Å². The number of rotatable bonds is 4. The molecule has 0 saturated heterocycles. The molecule has 6 heteroatoms. The Kier molecular flexibility index (Phi) is 4.34. The van der Waals surface area contributed by atoms with Gasteiger partial charge in [0.25, 0.3) is 0 Å². The number of hydrogen-bond donors (Lipinski definition) is 1. The van der Waals surface area contributed by atoms with Gasteiger partial charge < -0.3 is 5.11 Å². The number of aromatic carboxylic acids is 1. The van der Waals surface area contributed by atoms with Crippen LogP contribution in [0.25, 0.3) is 0 Å². The Hall–Kier alpha value is -1.95. The Labute approximate surface area is 117 Å². The smallest absolute Gasteiger partial charge is 0.335 e. The molecule has 0 amide bonds. The first-order valence-electron chi connectivity index (χ1n) is 5.57. The van der Waals surface area contributed by atoms with Crippen LogP contribution in [0.15, 0.2) is 41.3 Å². The minimum atomic E-state index is -1.16. The van der Waals surface area contributed by atoms with Crippen LogP contribution in [-0.2, 0) is 5.75 Å². The fourth-order valence-electron chi connectivity index (χ4n) is 1.57. The summed E-state index contributed by atoms with van der Waals surface area (Å²) >= 11 is 0.969. The lowest BCUT2D eigenvalue weighted by Gasteiger charge is -2.06. The lowest BCUT2D eigenvalue weighted by Crippen LogP contribution is -1.99. The fraction of sp³-hybridized carbons (Fsp3) is 0.0714. The van der Waals surface area contributed by atoms with Crippen LogP contribution < -0.4 is 0 Å². The summed E-state index contributed by atoms with van der Waals surface area (Å²) < 4.78 is 39.7. The summed E-state index contributed by atoms with van der Waals surface area (Å²) in [5.41, 5.74) is 0.111. The van der Waals surface area contributed by atoms with Gasteiger partial charge in [-0.05, 0) is 35.9 Å². The summed E-state index contributed by atoms with van der Waals surface area (Å²) in [6.45, 7) is 0. The first-order chi connectivity index (χ1) is 9.47. The molecule has 20 heavy (non-hydrogen) atoms. The van der Waals surface area contributed by atoms with E-state index in [4.69, 9.17) is 5.11 Å². The first kappa shape index (κ1) is 14.5. The number of carbonyl (C=O) groups is 1. The van der Waals surface area contributed by atoms with Crippen molar-refractivity contribution in [1.29, 1.82) is 0 Å². The average Bonchev–Trinajstić information content (AvgIpc) is 2.39. The van der Waals surface area contributed by atoms with Crippen LogP contribution >= 0.6 is 11.8 Å². The summed E-state index contributed by atoms with van der Waals surface area (Å²) in [7, 11) is 0. The lowest BCUT2D eigenvalue weighted by molar-refractivity contribution is 0.0696. The lowest BCUT2D eigenvalue weighted by atomic mass is 10.1. The molecule has 104 valence electrons. The van der Waals surface area contributed by atoms with Gasteiger partial charge >= 0.3 is 5.97 Å². The number of carboxylic acid groups (broad SMARTS) is 1. The molecule has 0 saturated carbocycles. The molecule has 0 aliphatic carbocycles. The summed E-state index contributed by atoms with van der Waals surface area (Å²) in [5.74, 6) is -3.10. The van der Waals surface area contributed by atoms with Gasteiger partial charge in [-0.15, -0.1) is 11.8 Å². The molecule has 2 nitrogen and oxygen atoms in total. The third-order valence-electron chi connectivity index (χ3n) is 2.57. The van der Waals surface area contributed by atoms with Crippen molar-refractivity contribution in [1.82, 2.24) is 0 Å². The van der Waals surface area contributed by atoms with Crippen molar-refractivity contribution in [3.63, 3.8) is 0 Å². The zero-order chi connectivity index (χ0) is 14.7. The van der Waals surface area contributed by atoms with Crippen LogP contribution in [0.4, 0.5) is 13.2 Å². The minimum Gasteiger partial charge on any atom is -0.478 e. The predicted octanol–water partition coefficient (Wildman–Crippen LogP) is 4.09. The normalized spacial score (nSPS) is 10.6. The van der Waals surface area contributed by atoms with Crippen molar-refractivity contribution in [2.75, 3.05) is 0 Å². The first-order valence-corrected chi connectivity index (χ1v) is 6.55. The number of benzene rings is 2. The second kappa shape index (κ2) is 6.00. The second-order valence-electron chi connectivity index (χ2n) is 3.97. The number of hydrogen-bond acceptors (Lipinski definition) is 2. The van der Waals surface area contributed by atoms with E-state index in [9.17, 15) is 18.0 Å². The molecule has 0 radical (unpaired) electrons. The second-order valence-corrected chi connectivity index (χ2v) is 4.99. The maximum atomic E-state index is 13.5. The van der Waals surface area contributed by atoms with Gasteiger partial charge in [0.05, 0.1) is 5.56 Å². The molecular formula is C14H9F3O2S. The summed E-state index contributed by atoms with van der Waals surface area (Å²) in [4.78, 5) is 11.0. The number of thioether (sulfide) groups is 1. The van der Waals surface area contributed by atoms with Gasteiger partial charge in [-0.1, -0.05) is 0 Å². The summed E-state index contributed by atoms with van der Waals surface area (Å²) in [5, 5.41) is 8.83. The van der Waals surface area contributed by atoms with Gasteiger partial charge in [0.2, 0.25) is 0 Å². The topological polar surface area (TPSA) is 37.3 Å². The van der Waals surface area contributed by atoms with Gasteiger partial charge in [-0.25, -0.2) is 18.0 Å². The van der Waals surface area contributed by atoms with Gasteiger partial charge in [-0.2, -0.15) is 0 Å². The maximum Gasteiger partial charge on any atom is 0.335 e. The molecule has 2 rings (SSSR count). The van der Waals surface area contributed by atoms with Crippen LogP contribution in [0.2, 0.25) is 0 Å². The largest absolute Gasteiger partial charge is 0.478 e. The van der Waals surface area contributed by atoms with E-state index in [2.05, 4.69) is 0 Å². The Balaban J connectivity index is 2.18. The van der Waals surface area contributed by atoms with Crippen LogP contribution in [0.1, 0.15) is 15.9 Å². The number of halogens is 3. The minimum absolute atomic E-state index is 0.0402. The molecule has 0 aliphatic rings. The van der Waals surface area contributed by atoms with Crippen LogP contribution in [0, 0.1) is 17.5 Å². The highest BCUT2D eigenvalue weighted by atomic mass is 32.2. The molecule has 0 heterocycles. The fourth-order valence-corrected chi connectivity index (χ4v) is 2.46. The third-order valence-corrected chi connectivity index (χ3v) is 3.67. The van der Waals surface area contributed by atoms with E-state index < -0.39 is 23.4 Å². The van der Waals surface area contributed by atoms with Crippen molar-refractivity contribution >= 4 is 17.7 Å². The van der Waals surface area contributed by atoms with E-state index in [0.29, 0.717) is 0 Å². The van der Waals surface area contributed by atoms with E-state index in [-0.39, 0.29) is 21.8 Å². The van der Waals surface area contributed by atoms with Crippen molar-refractivity contribution in [2.24, 2.45) is 0 Å². The monoisotopic (exact) mass is 298 g/mol. The highest BCUT2D eigenvalue weighted by molar-refractivity contribution is 7.98. The van der Waals surface area contributed by atoms with Crippen molar-refractivity contribution < 1.29 is 23.1 Å². The van der Waals surface area contributed by atoms with Crippen molar-refractivity contribution in [2.45, 2.75) is 10.6 Å². The quantitative estimate of drug-likeness (QED) is 0.864. The van der Waals surface area contributed by atoms with E-state index >= 15 is 0 Å². The molecule has 1 N–H and O–H groups in total. The standard InChI is InChI=1S/C14H9F3O2S/c15-10-2-4-13(12(17)6-10)20-7-9-5-8(14(18)19)1-3-11(9)16/h1-6H,7H2,(H,18,19). The Bertz CT molecular complexity index is 659. The van der Waals surface area contributed by atoms with E-state index in [1.54, 1.807) is 0 Å².